The molecule has 0 aliphatic rings. The number of amides is 2. The Balaban J connectivity index is 2.12. The molecular weight excluding hydrogens is 422 g/mol. The van der Waals surface area contributed by atoms with Crippen molar-refractivity contribution in [3.05, 3.63) is 42.5 Å². The number of hydrogen-bond acceptors (Lipinski definition) is 6. The minimum atomic E-state index is -3.90. The van der Waals surface area contributed by atoms with Gasteiger partial charge in [0.05, 0.1) is 30.3 Å². The molecule has 0 radical (unpaired) electrons. The summed E-state index contributed by atoms with van der Waals surface area (Å²) in [7, 11) is -2.59. The number of carbonyl (C=O) groups excluding carboxylic acids is 2. The van der Waals surface area contributed by atoms with Gasteiger partial charge >= 0.3 is 0 Å². The summed E-state index contributed by atoms with van der Waals surface area (Å²) in [6, 6.07) is 10.7. The summed E-state index contributed by atoms with van der Waals surface area (Å²) in [5.41, 5.74) is 0.868. The lowest BCUT2D eigenvalue weighted by Gasteiger charge is -2.18. The molecule has 2 amide bonds. The lowest BCUT2D eigenvalue weighted by atomic mass is 10.2. The Bertz CT molecular complexity index is 1020. The molecule has 9 nitrogen and oxygen atoms in total. The Labute approximate surface area is 182 Å². The van der Waals surface area contributed by atoms with E-state index in [1.807, 2.05) is 13.8 Å². The third-order valence-electron chi connectivity index (χ3n) is 4.09. The van der Waals surface area contributed by atoms with Crippen molar-refractivity contribution in [2.45, 2.75) is 25.7 Å². The van der Waals surface area contributed by atoms with E-state index in [0.29, 0.717) is 36.1 Å². The monoisotopic (exact) mass is 449 g/mol. The van der Waals surface area contributed by atoms with Crippen molar-refractivity contribution in [1.29, 1.82) is 0 Å². The van der Waals surface area contributed by atoms with Gasteiger partial charge in [-0.05, 0) is 50.2 Å². The molecule has 2 rings (SSSR count). The maximum absolute atomic E-state index is 12.8. The molecule has 0 saturated heterocycles. The van der Waals surface area contributed by atoms with Crippen LogP contribution in [0.4, 0.5) is 11.4 Å². The van der Waals surface area contributed by atoms with E-state index < -0.39 is 22.5 Å². The van der Waals surface area contributed by atoms with E-state index in [4.69, 9.17) is 9.47 Å². The summed E-state index contributed by atoms with van der Waals surface area (Å²) < 4.78 is 37.5. The first kappa shape index (κ1) is 24.2. The predicted molar refractivity (Wildman–Crippen MR) is 118 cm³/mol. The predicted octanol–water partition coefficient (Wildman–Crippen LogP) is 2.70. The van der Waals surface area contributed by atoms with E-state index in [1.54, 1.807) is 18.2 Å². The largest absolute Gasteiger partial charge is 0.494 e. The fraction of sp³-hybridized carbons (Fsp3) is 0.333. The van der Waals surface area contributed by atoms with Crippen LogP contribution < -0.4 is 20.1 Å². The van der Waals surface area contributed by atoms with Crippen LogP contribution in [-0.4, -0.2) is 51.3 Å². The maximum Gasteiger partial charge on any atom is 0.243 e. The number of nitrogens with one attached hydrogen (secondary N) is 2. The number of carbonyl (C=O) groups is 2. The highest BCUT2D eigenvalue weighted by Crippen LogP contribution is 2.29. The molecule has 0 saturated carbocycles. The van der Waals surface area contributed by atoms with Crippen molar-refractivity contribution < 1.29 is 27.5 Å². The van der Waals surface area contributed by atoms with Gasteiger partial charge in [-0.2, -0.15) is 4.31 Å². The molecule has 2 aromatic rings. The van der Waals surface area contributed by atoms with Crippen LogP contribution in [0.3, 0.4) is 0 Å². The smallest absolute Gasteiger partial charge is 0.243 e. The molecule has 10 heteroatoms. The van der Waals surface area contributed by atoms with Crippen LogP contribution in [0.15, 0.2) is 47.4 Å². The van der Waals surface area contributed by atoms with Crippen LogP contribution in [0.2, 0.25) is 0 Å². The quantitative estimate of drug-likeness (QED) is 0.576. The lowest BCUT2D eigenvalue weighted by molar-refractivity contribution is -0.116. The molecule has 168 valence electrons. The van der Waals surface area contributed by atoms with Crippen LogP contribution >= 0.6 is 0 Å². The molecule has 0 atom stereocenters. The summed E-state index contributed by atoms with van der Waals surface area (Å²) in [6.45, 7) is 5.48. The number of benzene rings is 2. The van der Waals surface area contributed by atoms with Crippen LogP contribution in [-0.2, 0) is 19.6 Å². The second-order valence-corrected chi connectivity index (χ2v) is 8.58. The third-order valence-corrected chi connectivity index (χ3v) is 5.90. The van der Waals surface area contributed by atoms with Crippen molar-refractivity contribution in [2.24, 2.45) is 0 Å². The van der Waals surface area contributed by atoms with E-state index in [0.717, 1.165) is 4.31 Å². The molecule has 0 fully saturated rings. The number of ether oxygens (including phenoxy) is 2. The lowest BCUT2D eigenvalue weighted by Crippen LogP contribution is -2.35. The van der Waals surface area contributed by atoms with Gasteiger partial charge in [0.15, 0.2) is 0 Å². The second kappa shape index (κ2) is 10.8. The van der Waals surface area contributed by atoms with E-state index in [1.165, 1.54) is 38.2 Å². The number of nitrogens with zero attached hydrogens (tertiary/aromatic N) is 1. The number of likely N-dealkylation sites (N-methyl/N-ethyl adjacent to an activating group) is 1. The third kappa shape index (κ3) is 6.69. The van der Waals surface area contributed by atoms with Gasteiger partial charge in [0.1, 0.15) is 11.5 Å². The minimum Gasteiger partial charge on any atom is -0.494 e. The van der Waals surface area contributed by atoms with Crippen LogP contribution in [0.5, 0.6) is 11.5 Å². The van der Waals surface area contributed by atoms with Crippen molar-refractivity contribution in [3.8, 4) is 11.5 Å². The number of hydrogen-bond donors (Lipinski definition) is 2. The Hall–Kier alpha value is -3.11. The molecule has 2 N–H and O–H groups in total. The SMILES string of the molecule is CCOc1ccc(OCC)c(NC(=O)CN(C)S(=O)(=O)c2ccc(NC(C)=O)cc2)c1. The van der Waals surface area contributed by atoms with E-state index >= 15 is 0 Å². The Morgan fingerprint density at radius 2 is 1.61 bits per heavy atom. The first-order valence-electron chi connectivity index (χ1n) is 9.70. The fourth-order valence-electron chi connectivity index (χ4n) is 2.71. The first-order valence-corrected chi connectivity index (χ1v) is 11.1. The van der Waals surface area contributed by atoms with Crippen molar-refractivity contribution in [3.63, 3.8) is 0 Å². The van der Waals surface area contributed by atoms with Crippen molar-refractivity contribution in [1.82, 2.24) is 4.31 Å². The Morgan fingerprint density at radius 1 is 0.968 bits per heavy atom. The summed E-state index contributed by atoms with van der Waals surface area (Å²) in [6.07, 6.45) is 0. The molecular formula is C21H27N3O6S. The van der Waals surface area contributed by atoms with Gasteiger partial charge in [0.2, 0.25) is 21.8 Å². The average Bonchev–Trinajstić information content (AvgIpc) is 2.70. The molecule has 31 heavy (non-hydrogen) atoms. The van der Waals surface area contributed by atoms with Crippen molar-refractivity contribution >= 4 is 33.2 Å². The molecule has 0 heterocycles. The van der Waals surface area contributed by atoms with E-state index in [-0.39, 0.29) is 10.8 Å². The van der Waals surface area contributed by atoms with Gasteiger partial charge in [0.25, 0.3) is 0 Å². The highest BCUT2D eigenvalue weighted by atomic mass is 32.2. The number of rotatable bonds is 10. The topological polar surface area (TPSA) is 114 Å². The Morgan fingerprint density at radius 3 is 2.19 bits per heavy atom. The summed E-state index contributed by atoms with van der Waals surface area (Å²) in [4.78, 5) is 23.6. The normalized spacial score (nSPS) is 11.1. The molecule has 0 bridgehead atoms. The molecule has 0 unspecified atom stereocenters. The molecule has 2 aromatic carbocycles. The van der Waals surface area contributed by atoms with Gasteiger partial charge in [0, 0.05) is 25.7 Å². The van der Waals surface area contributed by atoms with E-state index in [9.17, 15) is 18.0 Å². The van der Waals surface area contributed by atoms with Gasteiger partial charge < -0.3 is 20.1 Å². The zero-order valence-corrected chi connectivity index (χ0v) is 18.8. The summed E-state index contributed by atoms with van der Waals surface area (Å²) >= 11 is 0. The fourth-order valence-corrected chi connectivity index (χ4v) is 3.84. The van der Waals surface area contributed by atoms with Crippen molar-refractivity contribution in [2.75, 3.05) is 37.4 Å². The molecule has 0 aromatic heterocycles. The second-order valence-electron chi connectivity index (χ2n) is 6.54. The summed E-state index contributed by atoms with van der Waals surface area (Å²) in [5, 5.41) is 5.25. The maximum atomic E-state index is 12.8. The van der Waals surface area contributed by atoms with Crippen LogP contribution in [0.1, 0.15) is 20.8 Å². The molecule has 0 spiro atoms. The standard InChI is InChI=1S/C21H27N3O6S/c1-5-29-17-9-12-20(30-6-2)19(13-17)23-21(26)14-24(4)31(27,28)18-10-7-16(8-11-18)22-15(3)25/h7-13H,5-6,14H2,1-4H3,(H,22,25)(H,23,26). The van der Waals surface area contributed by atoms with E-state index in [2.05, 4.69) is 10.6 Å². The van der Waals surface area contributed by atoms with Gasteiger partial charge in [-0.3, -0.25) is 9.59 Å². The zero-order chi connectivity index (χ0) is 23.0. The molecule has 0 aliphatic carbocycles. The highest BCUT2D eigenvalue weighted by Gasteiger charge is 2.23. The Kier molecular flexibility index (Phi) is 8.40. The van der Waals surface area contributed by atoms with Crippen LogP contribution in [0.25, 0.3) is 0 Å². The van der Waals surface area contributed by atoms with Gasteiger partial charge in [-0.15, -0.1) is 0 Å². The summed E-state index contributed by atoms with van der Waals surface area (Å²) in [5.74, 6) is 0.222. The zero-order valence-electron chi connectivity index (χ0n) is 18.0. The molecule has 0 aliphatic heterocycles. The number of sulfonamides is 1. The van der Waals surface area contributed by atoms with Gasteiger partial charge in [-0.25, -0.2) is 8.42 Å². The van der Waals surface area contributed by atoms with Gasteiger partial charge in [-0.1, -0.05) is 0 Å². The highest BCUT2D eigenvalue weighted by molar-refractivity contribution is 7.89. The first-order chi connectivity index (χ1) is 14.7. The minimum absolute atomic E-state index is 0.00486. The van der Waals surface area contributed by atoms with Crippen LogP contribution in [0, 0.1) is 0 Å². The average molecular weight is 450 g/mol. The number of anilines is 2.